The van der Waals surface area contributed by atoms with Crippen molar-refractivity contribution in [2.24, 2.45) is 0 Å². The molecule has 0 saturated heterocycles. The van der Waals surface area contributed by atoms with Crippen LogP contribution < -0.4 is 14.8 Å². The van der Waals surface area contributed by atoms with Crippen LogP contribution in [0.4, 0.5) is 14.5 Å². The van der Waals surface area contributed by atoms with E-state index in [2.05, 4.69) is 5.32 Å². The van der Waals surface area contributed by atoms with Crippen molar-refractivity contribution in [2.45, 2.75) is 0 Å². The normalized spacial score (nSPS) is 12.9. The van der Waals surface area contributed by atoms with Gasteiger partial charge in [0.1, 0.15) is 13.2 Å². The van der Waals surface area contributed by atoms with Gasteiger partial charge in [-0.15, -0.1) is 0 Å². The van der Waals surface area contributed by atoms with Crippen molar-refractivity contribution in [3.63, 3.8) is 0 Å². The van der Waals surface area contributed by atoms with Gasteiger partial charge in [0.2, 0.25) is 0 Å². The summed E-state index contributed by atoms with van der Waals surface area (Å²) in [5, 5.41) is 2.59. The minimum Gasteiger partial charge on any atom is -0.486 e. The van der Waals surface area contributed by atoms with Gasteiger partial charge in [-0.1, -0.05) is 0 Å². The Morgan fingerprint density at radius 2 is 1.71 bits per heavy atom. The molecule has 0 aliphatic carbocycles. The fourth-order valence-corrected chi connectivity index (χ4v) is 1.96. The Balaban J connectivity index is 1.79. The Kier molecular flexibility index (Phi) is 3.43. The summed E-state index contributed by atoms with van der Waals surface area (Å²) < 4.78 is 36.7. The number of amides is 1. The average Bonchev–Trinajstić information content (AvgIpc) is 2.50. The van der Waals surface area contributed by atoms with Crippen LogP contribution in [0.25, 0.3) is 0 Å². The molecule has 0 spiro atoms. The number of ether oxygens (including phenoxy) is 2. The Labute approximate surface area is 119 Å². The average molecular weight is 291 g/mol. The lowest BCUT2D eigenvalue weighted by atomic mass is 10.2. The monoisotopic (exact) mass is 291 g/mol. The van der Waals surface area contributed by atoms with Crippen LogP contribution in [0.5, 0.6) is 11.5 Å². The molecular weight excluding hydrogens is 280 g/mol. The highest BCUT2D eigenvalue weighted by molar-refractivity contribution is 6.04. The smallest absolute Gasteiger partial charge is 0.255 e. The highest BCUT2D eigenvalue weighted by Gasteiger charge is 2.14. The maximum Gasteiger partial charge on any atom is 0.255 e. The van der Waals surface area contributed by atoms with E-state index in [-0.39, 0.29) is 5.56 Å². The first kappa shape index (κ1) is 13.4. The first-order valence-electron chi connectivity index (χ1n) is 6.29. The summed E-state index contributed by atoms with van der Waals surface area (Å²) in [6.45, 7) is 0.918. The maximum atomic E-state index is 13.1. The standard InChI is InChI=1S/C15H11F2NO3/c16-11-3-1-9(7-12(11)17)15(19)18-10-2-4-13-14(8-10)21-6-5-20-13/h1-4,7-8H,5-6H2,(H,18,19). The van der Waals surface area contributed by atoms with Gasteiger partial charge in [-0.05, 0) is 30.3 Å². The van der Waals surface area contributed by atoms with Crippen molar-refractivity contribution >= 4 is 11.6 Å². The van der Waals surface area contributed by atoms with E-state index in [1.807, 2.05) is 0 Å². The van der Waals surface area contributed by atoms with Gasteiger partial charge in [-0.25, -0.2) is 8.78 Å². The van der Waals surface area contributed by atoms with Crippen molar-refractivity contribution in [1.29, 1.82) is 0 Å². The first-order valence-corrected chi connectivity index (χ1v) is 6.29. The summed E-state index contributed by atoms with van der Waals surface area (Å²) in [7, 11) is 0. The summed E-state index contributed by atoms with van der Waals surface area (Å²) in [6.07, 6.45) is 0. The number of fused-ring (bicyclic) bond motifs is 1. The molecule has 108 valence electrons. The third kappa shape index (κ3) is 2.79. The quantitative estimate of drug-likeness (QED) is 0.925. The molecule has 3 rings (SSSR count). The second-order valence-electron chi connectivity index (χ2n) is 4.44. The molecule has 1 aliphatic heterocycles. The summed E-state index contributed by atoms with van der Waals surface area (Å²) in [4.78, 5) is 12.0. The lowest BCUT2D eigenvalue weighted by Crippen LogP contribution is -2.16. The zero-order valence-corrected chi connectivity index (χ0v) is 10.9. The van der Waals surface area contributed by atoms with Crippen molar-refractivity contribution < 1.29 is 23.0 Å². The molecule has 4 nitrogen and oxygen atoms in total. The van der Waals surface area contributed by atoms with Crippen LogP contribution in [0.15, 0.2) is 36.4 Å². The van der Waals surface area contributed by atoms with Gasteiger partial charge in [-0.2, -0.15) is 0 Å². The predicted molar refractivity (Wildman–Crippen MR) is 71.7 cm³/mol. The number of halogens is 2. The van der Waals surface area contributed by atoms with Gasteiger partial charge in [-0.3, -0.25) is 4.79 Å². The fourth-order valence-electron chi connectivity index (χ4n) is 1.96. The van der Waals surface area contributed by atoms with E-state index in [9.17, 15) is 13.6 Å². The number of benzene rings is 2. The topological polar surface area (TPSA) is 47.6 Å². The van der Waals surface area contributed by atoms with Crippen molar-refractivity contribution in [1.82, 2.24) is 0 Å². The molecule has 0 fully saturated rings. The van der Waals surface area contributed by atoms with E-state index in [0.29, 0.717) is 30.4 Å². The Hall–Kier alpha value is -2.63. The van der Waals surface area contributed by atoms with Crippen LogP contribution in [0.1, 0.15) is 10.4 Å². The molecule has 0 atom stereocenters. The van der Waals surface area contributed by atoms with Gasteiger partial charge in [0, 0.05) is 17.3 Å². The molecule has 1 aliphatic rings. The predicted octanol–water partition coefficient (Wildman–Crippen LogP) is 2.99. The van der Waals surface area contributed by atoms with E-state index >= 15 is 0 Å². The molecule has 1 heterocycles. The molecule has 21 heavy (non-hydrogen) atoms. The van der Waals surface area contributed by atoms with Crippen molar-refractivity contribution in [2.75, 3.05) is 18.5 Å². The summed E-state index contributed by atoms with van der Waals surface area (Å²) in [6, 6.07) is 7.91. The number of hydrogen-bond donors (Lipinski definition) is 1. The second kappa shape index (κ2) is 5.40. The van der Waals surface area contributed by atoms with Gasteiger partial charge in [0.05, 0.1) is 0 Å². The van der Waals surface area contributed by atoms with E-state index in [1.165, 1.54) is 6.07 Å². The fraction of sp³-hybridized carbons (Fsp3) is 0.133. The van der Waals surface area contributed by atoms with Crippen LogP contribution >= 0.6 is 0 Å². The molecule has 0 radical (unpaired) electrons. The summed E-state index contributed by atoms with van der Waals surface area (Å²) >= 11 is 0. The number of carbonyl (C=O) groups excluding carboxylic acids is 1. The van der Waals surface area contributed by atoms with E-state index in [0.717, 1.165) is 12.1 Å². The highest BCUT2D eigenvalue weighted by Crippen LogP contribution is 2.32. The van der Waals surface area contributed by atoms with Crippen LogP contribution in [0.3, 0.4) is 0 Å². The molecule has 1 amide bonds. The maximum absolute atomic E-state index is 13.1. The van der Waals surface area contributed by atoms with Crippen LogP contribution in [0.2, 0.25) is 0 Å². The van der Waals surface area contributed by atoms with Crippen LogP contribution in [-0.2, 0) is 0 Å². The minimum absolute atomic E-state index is 0.0313. The summed E-state index contributed by atoms with van der Waals surface area (Å²) in [5.74, 6) is -1.46. The van der Waals surface area contributed by atoms with Crippen molar-refractivity contribution in [3.8, 4) is 11.5 Å². The first-order chi connectivity index (χ1) is 10.1. The summed E-state index contributed by atoms with van der Waals surface area (Å²) in [5.41, 5.74) is 0.512. The Bertz CT molecular complexity index is 703. The highest BCUT2D eigenvalue weighted by atomic mass is 19.2. The molecule has 1 N–H and O–H groups in total. The molecule has 2 aromatic carbocycles. The van der Waals surface area contributed by atoms with Gasteiger partial charge in [0.25, 0.3) is 5.91 Å². The Morgan fingerprint density at radius 1 is 0.952 bits per heavy atom. The zero-order valence-electron chi connectivity index (χ0n) is 10.9. The van der Waals surface area contributed by atoms with E-state index < -0.39 is 17.5 Å². The lowest BCUT2D eigenvalue weighted by molar-refractivity contribution is 0.102. The molecule has 0 saturated carbocycles. The largest absolute Gasteiger partial charge is 0.486 e. The van der Waals surface area contributed by atoms with Gasteiger partial charge >= 0.3 is 0 Å². The second-order valence-corrected chi connectivity index (χ2v) is 4.44. The van der Waals surface area contributed by atoms with Crippen LogP contribution in [0, 0.1) is 11.6 Å². The molecule has 0 aromatic heterocycles. The zero-order chi connectivity index (χ0) is 14.8. The lowest BCUT2D eigenvalue weighted by Gasteiger charge is -2.19. The molecule has 0 bridgehead atoms. The van der Waals surface area contributed by atoms with E-state index in [1.54, 1.807) is 18.2 Å². The third-order valence-electron chi connectivity index (χ3n) is 2.98. The van der Waals surface area contributed by atoms with Crippen molar-refractivity contribution in [3.05, 3.63) is 53.6 Å². The molecule has 2 aromatic rings. The molecular formula is C15H11F2NO3. The van der Waals surface area contributed by atoms with Crippen LogP contribution in [-0.4, -0.2) is 19.1 Å². The Morgan fingerprint density at radius 3 is 2.48 bits per heavy atom. The van der Waals surface area contributed by atoms with Gasteiger partial charge in [0.15, 0.2) is 23.1 Å². The minimum atomic E-state index is -1.06. The number of nitrogens with one attached hydrogen (secondary N) is 1. The van der Waals surface area contributed by atoms with E-state index in [4.69, 9.17) is 9.47 Å². The third-order valence-corrected chi connectivity index (χ3v) is 2.98. The number of carbonyl (C=O) groups is 1. The number of anilines is 1. The molecule has 0 unspecified atom stereocenters. The number of hydrogen-bond acceptors (Lipinski definition) is 3. The van der Waals surface area contributed by atoms with Gasteiger partial charge < -0.3 is 14.8 Å². The molecule has 6 heteroatoms. The number of rotatable bonds is 2. The SMILES string of the molecule is O=C(Nc1ccc2c(c1)OCCO2)c1ccc(F)c(F)c1.